The Morgan fingerprint density at radius 3 is 2.47 bits per heavy atom. The molecule has 1 aromatic heterocycles. The second-order valence-corrected chi connectivity index (χ2v) is 7.23. The van der Waals surface area contributed by atoms with Crippen LogP contribution in [0.25, 0.3) is 16.7 Å². The molecule has 0 saturated carbocycles. The van der Waals surface area contributed by atoms with Crippen LogP contribution in [0.4, 0.5) is 0 Å². The van der Waals surface area contributed by atoms with Gasteiger partial charge in [-0.15, -0.1) is 27.4 Å². The zero-order valence-electron chi connectivity index (χ0n) is 17.9. The predicted molar refractivity (Wildman–Crippen MR) is 123 cm³/mol. The molecule has 1 amide bonds. The summed E-state index contributed by atoms with van der Waals surface area (Å²) in [6.07, 6.45) is 2.59. The molecule has 3 rings (SSSR count). The lowest BCUT2D eigenvalue weighted by Crippen LogP contribution is -2.41. The summed E-state index contributed by atoms with van der Waals surface area (Å²) in [5.41, 5.74) is 8.20. The van der Waals surface area contributed by atoms with Crippen molar-refractivity contribution in [3.63, 3.8) is 0 Å². The van der Waals surface area contributed by atoms with Crippen LogP contribution in [0.15, 0.2) is 42.5 Å². The van der Waals surface area contributed by atoms with E-state index < -0.39 is 12.0 Å². The smallest absolute Gasteiger partial charge is 0.328 e. The van der Waals surface area contributed by atoms with E-state index in [1.165, 1.54) is 11.9 Å². The van der Waals surface area contributed by atoms with Crippen LogP contribution in [0.3, 0.4) is 0 Å². The second-order valence-electron chi connectivity index (χ2n) is 7.23. The van der Waals surface area contributed by atoms with Gasteiger partial charge in [-0.25, -0.2) is 4.79 Å². The molecule has 4 N–H and O–H groups in total. The zero-order chi connectivity index (χ0) is 22.2. The Balaban J connectivity index is 0.00000363. The molecule has 2 aromatic carbocycles. The number of hydrogen-bond acceptors (Lipinski definition) is 7. The predicted octanol–water partition coefficient (Wildman–Crippen LogP) is 2.27. The summed E-state index contributed by atoms with van der Waals surface area (Å²) in [6, 6.07) is 11.8. The number of amides is 1. The number of ether oxygens (including phenoxy) is 1. The fourth-order valence-corrected chi connectivity index (χ4v) is 3.26. The van der Waals surface area contributed by atoms with Gasteiger partial charge in [0.1, 0.15) is 28.5 Å². The molecule has 0 aliphatic rings. The van der Waals surface area contributed by atoms with Crippen LogP contribution >= 0.6 is 12.4 Å². The quantitative estimate of drug-likeness (QED) is 0.311. The third kappa shape index (κ3) is 6.41. The first kappa shape index (κ1) is 25.1. The van der Waals surface area contributed by atoms with Gasteiger partial charge in [-0.1, -0.05) is 18.2 Å². The molecule has 1 atom stereocenters. The number of aromatic nitrogens is 3. The maximum absolute atomic E-state index is 12.4. The number of aromatic hydroxyl groups is 1. The largest absolute Gasteiger partial charge is 0.506 e. The third-order valence-corrected chi connectivity index (χ3v) is 4.95. The number of unbranched alkanes of at least 4 members (excludes halogenated alkanes) is 1. The Hall–Kier alpha value is -3.17. The van der Waals surface area contributed by atoms with Gasteiger partial charge >= 0.3 is 5.97 Å². The van der Waals surface area contributed by atoms with Crippen molar-refractivity contribution in [1.82, 2.24) is 20.3 Å². The molecule has 0 spiro atoms. The van der Waals surface area contributed by atoms with Gasteiger partial charge in [0.15, 0.2) is 0 Å². The summed E-state index contributed by atoms with van der Waals surface area (Å²) >= 11 is 0. The Kier molecular flexibility index (Phi) is 9.42. The van der Waals surface area contributed by atoms with Crippen molar-refractivity contribution >= 4 is 35.3 Å². The van der Waals surface area contributed by atoms with Gasteiger partial charge < -0.3 is 20.9 Å². The molecule has 0 saturated heterocycles. The average Bonchev–Trinajstić information content (AvgIpc) is 3.21. The number of hydrogen-bond donors (Lipinski definition) is 3. The average molecular weight is 462 g/mol. The van der Waals surface area contributed by atoms with E-state index in [4.69, 9.17) is 10.5 Å². The number of methoxy groups -OCH3 is 1. The molecular formula is C22H28ClN5O4. The number of rotatable bonds is 10. The summed E-state index contributed by atoms with van der Waals surface area (Å²) in [5.74, 6) is -0.672. The van der Waals surface area contributed by atoms with Crippen LogP contribution in [0, 0.1) is 0 Å². The first-order valence-corrected chi connectivity index (χ1v) is 10.2. The van der Waals surface area contributed by atoms with Crippen LogP contribution in [0.2, 0.25) is 0 Å². The molecule has 0 fully saturated rings. The molecule has 1 heterocycles. The molecular weight excluding hydrogens is 434 g/mol. The van der Waals surface area contributed by atoms with Crippen molar-refractivity contribution in [2.24, 2.45) is 5.73 Å². The molecule has 9 nitrogen and oxygen atoms in total. The number of nitrogens with one attached hydrogen (secondary N) is 1. The Bertz CT molecular complexity index is 1020. The molecule has 0 radical (unpaired) electrons. The van der Waals surface area contributed by atoms with Crippen LogP contribution in [-0.2, 0) is 20.7 Å². The Labute approximate surface area is 192 Å². The highest BCUT2D eigenvalue weighted by Crippen LogP contribution is 2.23. The maximum atomic E-state index is 12.4. The third-order valence-electron chi connectivity index (χ3n) is 4.95. The number of halogens is 1. The fourth-order valence-electron chi connectivity index (χ4n) is 3.26. The lowest BCUT2D eigenvalue weighted by molar-refractivity contribution is -0.145. The molecule has 172 valence electrons. The SMILES string of the molecule is COC(=O)[C@H](CCCCN)NC(=O)CCc1ccc(O)c(-n2nc3ccccc3n2)c1.Cl. The first-order valence-electron chi connectivity index (χ1n) is 10.2. The Morgan fingerprint density at radius 1 is 1.16 bits per heavy atom. The maximum Gasteiger partial charge on any atom is 0.328 e. The highest BCUT2D eigenvalue weighted by Gasteiger charge is 2.21. The number of carbonyl (C=O) groups excluding carboxylic acids is 2. The van der Waals surface area contributed by atoms with Crippen molar-refractivity contribution in [1.29, 1.82) is 0 Å². The van der Waals surface area contributed by atoms with Crippen molar-refractivity contribution in [2.45, 2.75) is 38.1 Å². The van der Waals surface area contributed by atoms with Crippen molar-refractivity contribution < 1.29 is 19.4 Å². The minimum absolute atomic E-state index is 0. The molecule has 32 heavy (non-hydrogen) atoms. The van der Waals surface area contributed by atoms with E-state index in [9.17, 15) is 14.7 Å². The summed E-state index contributed by atoms with van der Waals surface area (Å²) in [5, 5.41) is 21.8. The zero-order valence-corrected chi connectivity index (χ0v) is 18.7. The number of phenolic OH excluding ortho intramolecular Hbond substituents is 1. The van der Waals surface area contributed by atoms with E-state index >= 15 is 0 Å². The lowest BCUT2D eigenvalue weighted by Gasteiger charge is -2.16. The highest BCUT2D eigenvalue weighted by atomic mass is 35.5. The normalized spacial score (nSPS) is 11.6. The van der Waals surface area contributed by atoms with Gasteiger partial charge in [-0.2, -0.15) is 0 Å². The molecule has 0 aliphatic heterocycles. The Morgan fingerprint density at radius 2 is 1.84 bits per heavy atom. The van der Waals surface area contributed by atoms with Crippen LogP contribution in [-0.4, -0.2) is 51.7 Å². The second kappa shape index (κ2) is 12.0. The number of benzene rings is 2. The van der Waals surface area contributed by atoms with E-state index in [0.717, 1.165) is 29.4 Å². The number of fused-ring (bicyclic) bond motifs is 1. The van der Waals surface area contributed by atoms with E-state index in [1.54, 1.807) is 18.2 Å². The standard InChI is InChI=1S/C22H27N5O4.ClH/c1-31-22(30)18(8-4-5-13-23)24-21(29)12-10-15-9-11-20(28)19(14-15)27-25-16-6-2-3-7-17(16)26-27;/h2-3,6-7,9,11,14,18,28H,4-5,8,10,12-13,23H2,1H3,(H,24,29);1H/t18-;/m0./s1. The van der Waals surface area contributed by atoms with Crippen molar-refractivity contribution in [3.8, 4) is 11.4 Å². The lowest BCUT2D eigenvalue weighted by atomic mass is 10.1. The summed E-state index contributed by atoms with van der Waals surface area (Å²) in [4.78, 5) is 25.7. The first-order chi connectivity index (χ1) is 15.0. The van der Waals surface area contributed by atoms with Crippen LogP contribution < -0.4 is 11.1 Å². The number of aryl methyl sites for hydroxylation is 1. The van der Waals surface area contributed by atoms with Crippen LogP contribution in [0.1, 0.15) is 31.2 Å². The monoisotopic (exact) mass is 461 g/mol. The molecule has 10 heteroatoms. The van der Waals surface area contributed by atoms with E-state index in [-0.39, 0.29) is 30.5 Å². The topological polar surface area (TPSA) is 132 Å². The van der Waals surface area contributed by atoms with Gasteiger partial charge in [0.2, 0.25) is 5.91 Å². The van der Waals surface area contributed by atoms with Gasteiger partial charge in [0.25, 0.3) is 0 Å². The van der Waals surface area contributed by atoms with Crippen LogP contribution in [0.5, 0.6) is 5.75 Å². The van der Waals surface area contributed by atoms with Crippen molar-refractivity contribution in [2.75, 3.05) is 13.7 Å². The molecule has 0 aliphatic carbocycles. The van der Waals surface area contributed by atoms with Crippen molar-refractivity contribution in [3.05, 3.63) is 48.0 Å². The highest BCUT2D eigenvalue weighted by molar-refractivity contribution is 5.85. The summed E-state index contributed by atoms with van der Waals surface area (Å²) in [6.45, 7) is 0.533. The summed E-state index contributed by atoms with van der Waals surface area (Å²) < 4.78 is 4.78. The van der Waals surface area contributed by atoms with E-state index in [2.05, 4.69) is 15.5 Å². The number of nitrogens with zero attached hydrogens (tertiary/aromatic N) is 3. The summed E-state index contributed by atoms with van der Waals surface area (Å²) in [7, 11) is 1.30. The van der Waals surface area contributed by atoms with Gasteiger partial charge in [0.05, 0.1) is 7.11 Å². The van der Waals surface area contributed by atoms with Gasteiger partial charge in [-0.05, 0) is 62.1 Å². The minimum Gasteiger partial charge on any atom is -0.506 e. The fraction of sp³-hybridized carbons (Fsp3) is 0.364. The number of nitrogens with two attached hydrogens (primary N) is 1. The number of carbonyl (C=O) groups is 2. The van der Waals surface area contributed by atoms with E-state index in [0.29, 0.717) is 25.1 Å². The van der Waals surface area contributed by atoms with E-state index in [1.807, 2.05) is 24.3 Å². The molecule has 3 aromatic rings. The van der Waals surface area contributed by atoms with Gasteiger partial charge in [0, 0.05) is 6.42 Å². The molecule has 0 bridgehead atoms. The molecule has 0 unspecified atom stereocenters. The number of phenols is 1. The number of esters is 1. The van der Waals surface area contributed by atoms with Gasteiger partial charge in [-0.3, -0.25) is 4.79 Å². The minimum atomic E-state index is -0.680.